The summed E-state index contributed by atoms with van der Waals surface area (Å²) >= 11 is 3.65. The van der Waals surface area contributed by atoms with Crippen LogP contribution in [-0.4, -0.2) is 7.11 Å². The molecule has 1 nitrogen and oxygen atoms in total. The molecule has 3 heteroatoms. The molecule has 3 aromatic carbocycles. The van der Waals surface area contributed by atoms with E-state index < -0.39 is 0 Å². The zero-order chi connectivity index (χ0) is 14.8. The van der Waals surface area contributed by atoms with E-state index in [1.54, 1.807) is 19.2 Å². The highest BCUT2D eigenvalue weighted by Crippen LogP contribution is 2.33. The van der Waals surface area contributed by atoms with Crippen LogP contribution in [-0.2, 0) is 0 Å². The van der Waals surface area contributed by atoms with Crippen LogP contribution in [0, 0.1) is 5.82 Å². The minimum atomic E-state index is -0.220. The van der Waals surface area contributed by atoms with Crippen LogP contribution in [0.3, 0.4) is 0 Å². The van der Waals surface area contributed by atoms with Crippen molar-refractivity contribution in [1.29, 1.82) is 0 Å². The van der Waals surface area contributed by atoms with Crippen molar-refractivity contribution in [3.05, 3.63) is 77.6 Å². The van der Waals surface area contributed by atoms with Crippen molar-refractivity contribution in [2.24, 2.45) is 0 Å². The topological polar surface area (TPSA) is 9.23 Å². The molecule has 1 atom stereocenters. The van der Waals surface area contributed by atoms with E-state index in [2.05, 4.69) is 28.1 Å². The van der Waals surface area contributed by atoms with Crippen molar-refractivity contribution in [3.63, 3.8) is 0 Å². The molecule has 0 saturated heterocycles. The molecule has 0 fully saturated rings. The van der Waals surface area contributed by atoms with Crippen molar-refractivity contribution < 1.29 is 9.13 Å². The molecule has 21 heavy (non-hydrogen) atoms. The number of rotatable bonds is 3. The first-order valence-electron chi connectivity index (χ1n) is 6.64. The number of halogens is 2. The summed E-state index contributed by atoms with van der Waals surface area (Å²) in [6.45, 7) is 0. The molecule has 0 bridgehead atoms. The first-order valence-corrected chi connectivity index (χ1v) is 7.56. The highest BCUT2D eigenvalue weighted by molar-refractivity contribution is 9.09. The summed E-state index contributed by atoms with van der Waals surface area (Å²) in [6.07, 6.45) is 0. The van der Waals surface area contributed by atoms with Gasteiger partial charge in [-0.05, 0) is 52.2 Å². The van der Waals surface area contributed by atoms with E-state index in [9.17, 15) is 4.39 Å². The van der Waals surface area contributed by atoms with Crippen LogP contribution in [0.4, 0.5) is 4.39 Å². The maximum Gasteiger partial charge on any atom is 0.123 e. The second-order valence-electron chi connectivity index (χ2n) is 4.89. The number of alkyl halides is 1. The molecule has 0 radical (unpaired) electrons. The zero-order valence-corrected chi connectivity index (χ0v) is 13.1. The lowest BCUT2D eigenvalue weighted by Gasteiger charge is -2.12. The van der Waals surface area contributed by atoms with Gasteiger partial charge < -0.3 is 4.74 Å². The lowest BCUT2D eigenvalue weighted by molar-refractivity contribution is 0.415. The van der Waals surface area contributed by atoms with Gasteiger partial charge in [-0.1, -0.05) is 46.3 Å². The van der Waals surface area contributed by atoms with Crippen LogP contribution >= 0.6 is 15.9 Å². The maximum absolute atomic E-state index is 13.3. The molecule has 0 spiro atoms. The molecule has 1 unspecified atom stereocenters. The fourth-order valence-electron chi connectivity index (χ4n) is 2.38. The van der Waals surface area contributed by atoms with Gasteiger partial charge in [0, 0.05) is 0 Å². The normalized spacial score (nSPS) is 12.3. The average molecular weight is 345 g/mol. The SMILES string of the molecule is COc1ccc2cc(C(Br)c3cccc(F)c3)ccc2c1. The molecule has 0 aliphatic heterocycles. The van der Waals surface area contributed by atoms with Crippen molar-refractivity contribution in [1.82, 2.24) is 0 Å². The molecule has 0 saturated carbocycles. The summed E-state index contributed by atoms with van der Waals surface area (Å²) in [7, 11) is 1.66. The van der Waals surface area contributed by atoms with Gasteiger partial charge in [0.05, 0.1) is 11.9 Å². The van der Waals surface area contributed by atoms with E-state index in [-0.39, 0.29) is 10.6 Å². The Morgan fingerprint density at radius 2 is 1.62 bits per heavy atom. The Bertz CT molecular complexity index is 785. The van der Waals surface area contributed by atoms with Crippen LogP contribution in [0.25, 0.3) is 10.8 Å². The molecule has 0 heterocycles. The third-order valence-electron chi connectivity index (χ3n) is 3.51. The second kappa shape index (κ2) is 5.86. The quantitative estimate of drug-likeness (QED) is 0.572. The molecule has 3 rings (SSSR count). The smallest absolute Gasteiger partial charge is 0.123 e. The third-order valence-corrected chi connectivity index (χ3v) is 4.56. The lowest BCUT2D eigenvalue weighted by Crippen LogP contribution is -1.93. The molecule has 0 amide bonds. The van der Waals surface area contributed by atoms with Gasteiger partial charge in [0.15, 0.2) is 0 Å². The highest BCUT2D eigenvalue weighted by Gasteiger charge is 2.11. The van der Waals surface area contributed by atoms with E-state index in [0.29, 0.717) is 0 Å². The first-order chi connectivity index (χ1) is 10.2. The van der Waals surface area contributed by atoms with Crippen LogP contribution < -0.4 is 4.74 Å². The Labute approximate surface area is 131 Å². The Kier molecular flexibility index (Phi) is 3.93. The van der Waals surface area contributed by atoms with Gasteiger partial charge in [-0.2, -0.15) is 0 Å². The number of benzene rings is 3. The van der Waals surface area contributed by atoms with E-state index in [0.717, 1.165) is 27.6 Å². The first kappa shape index (κ1) is 14.1. The zero-order valence-electron chi connectivity index (χ0n) is 11.5. The summed E-state index contributed by atoms with van der Waals surface area (Å²) in [5.41, 5.74) is 2.00. The van der Waals surface area contributed by atoms with Crippen molar-refractivity contribution in [2.45, 2.75) is 4.83 Å². The van der Waals surface area contributed by atoms with Gasteiger partial charge in [-0.15, -0.1) is 0 Å². The summed E-state index contributed by atoms with van der Waals surface area (Å²) in [4.78, 5) is -0.0281. The number of ether oxygens (including phenoxy) is 1. The molecule has 0 aliphatic carbocycles. The van der Waals surface area contributed by atoms with Gasteiger partial charge >= 0.3 is 0 Å². The average Bonchev–Trinajstić information content (AvgIpc) is 2.53. The summed E-state index contributed by atoms with van der Waals surface area (Å²) in [6, 6.07) is 18.8. The number of methoxy groups -OCH3 is 1. The molecule has 3 aromatic rings. The van der Waals surface area contributed by atoms with Crippen LogP contribution in [0.5, 0.6) is 5.75 Å². The number of fused-ring (bicyclic) bond motifs is 1. The molecule has 0 N–H and O–H groups in total. The number of hydrogen-bond donors (Lipinski definition) is 0. The van der Waals surface area contributed by atoms with E-state index in [1.807, 2.05) is 30.3 Å². The van der Waals surface area contributed by atoms with Gasteiger partial charge in [-0.3, -0.25) is 0 Å². The van der Waals surface area contributed by atoms with E-state index >= 15 is 0 Å². The Balaban J connectivity index is 2.00. The van der Waals surface area contributed by atoms with Gasteiger partial charge in [0.1, 0.15) is 11.6 Å². The second-order valence-corrected chi connectivity index (χ2v) is 5.81. The largest absolute Gasteiger partial charge is 0.497 e. The van der Waals surface area contributed by atoms with Crippen molar-refractivity contribution in [3.8, 4) is 5.75 Å². The summed E-state index contributed by atoms with van der Waals surface area (Å²) in [5, 5.41) is 2.26. The summed E-state index contributed by atoms with van der Waals surface area (Å²) < 4.78 is 18.6. The van der Waals surface area contributed by atoms with E-state index in [1.165, 1.54) is 6.07 Å². The minimum Gasteiger partial charge on any atom is -0.497 e. The van der Waals surface area contributed by atoms with Crippen LogP contribution in [0.15, 0.2) is 60.7 Å². The monoisotopic (exact) mass is 344 g/mol. The molecule has 106 valence electrons. The van der Waals surface area contributed by atoms with Crippen molar-refractivity contribution >= 4 is 26.7 Å². The third kappa shape index (κ3) is 2.93. The van der Waals surface area contributed by atoms with E-state index in [4.69, 9.17) is 4.74 Å². The molecule has 0 aliphatic rings. The fraction of sp³-hybridized carbons (Fsp3) is 0.111. The maximum atomic E-state index is 13.3. The fourth-order valence-corrected chi connectivity index (χ4v) is 2.95. The molecular formula is C18H14BrFO. The Hall–Kier alpha value is -1.87. The predicted molar refractivity (Wildman–Crippen MR) is 87.7 cm³/mol. The van der Waals surface area contributed by atoms with Crippen molar-refractivity contribution in [2.75, 3.05) is 7.11 Å². The van der Waals surface area contributed by atoms with Crippen LogP contribution in [0.1, 0.15) is 16.0 Å². The van der Waals surface area contributed by atoms with Gasteiger partial charge in [0.2, 0.25) is 0 Å². The lowest BCUT2D eigenvalue weighted by atomic mass is 10.0. The predicted octanol–water partition coefficient (Wildman–Crippen LogP) is 5.47. The molecule has 0 aromatic heterocycles. The number of hydrogen-bond acceptors (Lipinski definition) is 1. The molecular weight excluding hydrogens is 331 g/mol. The van der Waals surface area contributed by atoms with Crippen LogP contribution in [0.2, 0.25) is 0 Å². The highest BCUT2D eigenvalue weighted by atomic mass is 79.9. The Morgan fingerprint density at radius 3 is 2.38 bits per heavy atom. The minimum absolute atomic E-state index is 0.0281. The standard InChI is InChI=1S/C18H14BrFO/c1-21-17-8-7-12-9-15(6-5-13(12)11-17)18(19)14-3-2-4-16(20)10-14/h2-11,18H,1H3. The van der Waals surface area contributed by atoms with Gasteiger partial charge in [0.25, 0.3) is 0 Å². The summed E-state index contributed by atoms with van der Waals surface area (Å²) in [5.74, 6) is 0.623. The Morgan fingerprint density at radius 1 is 0.905 bits per heavy atom. The van der Waals surface area contributed by atoms with Gasteiger partial charge in [-0.25, -0.2) is 4.39 Å².